The summed E-state index contributed by atoms with van der Waals surface area (Å²) in [6.45, 7) is 5.35. The van der Waals surface area contributed by atoms with Gasteiger partial charge in [0.15, 0.2) is 6.61 Å². The average Bonchev–Trinajstić information content (AvgIpc) is 3.59. The van der Waals surface area contributed by atoms with Crippen molar-refractivity contribution in [2.75, 3.05) is 32.8 Å². The summed E-state index contributed by atoms with van der Waals surface area (Å²) in [7, 11) is 0. The van der Waals surface area contributed by atoms with E-state index in [1.807, 2.05) is 42.2 Å². The molecule has 0 N–H and O–H groups in total. The number of benzene rings is 2. The lowest BCUT2D eigenvalue weighted by Crippen LogP contribution is -2.57. The van der Waals surface area contributed by atoms with Gasteiger partial charge in [-0.25, -0.2) is 0 Å². The highest BCUT2D eigenvalue weighted by molar-refractivity contribution is 5.78. The average molecular weight is 395 g/mol. The maximum atomic E-state index is 13.0. The normalized spacial score (nSPS) is 19.8. The Labute approximate surface area is 173 Å². The van der Waals surface area contributed by atoms with Crippen LogP contribution >= 0.6 is 0 Å². The first kappa shape index (κ1) is 19.8. The molecule has 5 heteroatoms. The van der Waals surface area contributed by atoms with Gasteiger partial charge in [-0.3, -0.25) is 9.69 Å². The number of ether oxygens (including phenoxy) is 2. The molecule has 2 fully saturated rings. The SMILES string of the molecule is CCOc1ccc(OCC(=O)N2CCN(C3CC3)CC2Cc2ccccc2)cc1. The number of carbonyl (C=O) groups is 1. The van der Waals surface area contributed by atoms with Crippen molar-refractivity contribution < 1.29 is 14.3 Å². The first-order valence-corrected chi connectivity index (χ1v) is 10.7. The van der Waals surface area contributed by atoms with E-state index in [0.717, 1.165) is 37.8 Å². The van der Waals surface area contributed by atoms with E-state index in [9.17, 15) is 4.79 Å². The van der Waals surface area contributed by atoms with Crippen molar-refractivity contribution in [3.8, 4) is 11.5 Å². The highest BCUT2D eigenvalue weighted by Crippen LogP contribution is 2.29. The van der Waals surface area contributed by atoms with Gasteiger partial charge in [0.05, 0.1) is 6.61 Å². The fourth-order valence-corrected chi connectivity index (χ4v) is 4.07. The fourth-order valence-electron chi connectivity index (χ4n) is 4.07. The van der Waals surface area contributed by atoms with Crippen LogP contribution in [0.1, 0.15) is 25.3 Å². The van der Waals surface area contributed by atoms with Crippen molar-refractivity contribution in [3.63, 3.8) is 0 Å². The van der Waals surface area contributed by atoms with Crippen molar-refractivity contribution in [3.05, 3.63) is 60.2 Å². The molecule has 154 valence electrons. The number of rotatable bonds is 8. The van der Waals surface area contributed by atoms with Crippen LogP contribution in [0.4, 0.5) is 0 Å². The van der Waals surface area contributed by atoms with E-state index >= 15 is 0 Å². The summed E-state index contributed by atoms with van der Waals surface area (Å²) >= 11 is 0. The van der Waals surface area contributed by atoms with Crippen molar-refractivity contribution in [1.29, 1.82) is 0 Å². The second kappa shape index (κ2) is 9.31. The van der Waals surface area contributed by atoms with Crippen molar-refractivity contribution >= 4 is 5.91 Å². The molecule has 2 aliphatic rings. The summed E-state index contributed by atoms with van der Waals surface area (Å²) in [6.07, 6.45) is 3.48. The van der Waals surface area contributed by atoms with Gasteiger partial charge in [-0.05, 0) is 56.0 Å². The highest BCUT2D eigenvalue weighted by Gasteiger charge is 2.37. The number of piperazine rings is 1. The summed E-state index contributed by atoms with van der Waals surface area (Å²) in [6, 6.07) is 18.8. The number of carbonyl (C=O) groups excluding carboxylic acids is 1. The minimum absolute atomic E-state index is 0.0651. The highest BCUT2D eigenvalue weighted by atomic mass is 16.5. The van der Waals surface area contributed by atoms with Gasteiger partial charge in [-0.2, -0.15) is 0 Å². The molecule has 4 rings (SSSR count). The molecule has 1 heterocycles. The number of hydrogen-bond acceptors (Lipinski definition) is 4. The molecular formula is C24H30N2O3. The summed E-state index contributed by atoms with van der Waals surface area (Å²) in [5.74, 6) is 1.57. The molecule has 1 saturated carbocycles. The molecule has 1 atom stereocenters. The molecule has 0 bridgehead atoms. The van der Waals surface area contributed by atoms with E-state index in [4.69, 9.17) is 9.47 Å². The number of nitrogens with zero attached hydrogens (tertiary/aromatic N) is 2. The van der Waals surface area contributed by atoms with Crippen molar-refractivity contribution in [2.24, 2.45) is 0 Å². The largest absolute Gasteiger partial charge is 0.494 e. The molecule has 0 radical (unpaired) electrons. The summed E-state index contributed by atoms with van der Waals surface area (Å²) in [5, 5.41) is 0. The third-order valence-electron chi connectivity index (χ3n) is 5.71. The van der Waals surface area contributed by atoms with E-state index in [-0.39, 0.29) is 18.6 Å². The molecule has 2 aromatic rings. The molecule has 0 aromatic heterocycles. The Morgan fingerprint density at radius 2 is 1.66 bits per heavy atom. The minimum Gasteiger partial charge on any atom is -0.494 e. The lowest BCUT2D eigenvalue weighted by molar-refractivity contribution is -0.138. The smallest absolute Gasteiger partial charge is 0.260 e. The Morgan fingerprint density at radius 1 is 0.966 bits per heavy atom. The zero-order chi connectivity index (χ0) is 20.1. The second-order valence-electron chi connectivity index (χ2n) is 7.85. The maximum absolute atomic E-state index is 13.0. The van der Waals surface area contributed by atoms with E-state index in [1.165, 1.54) is 18.4 Å². The quantitative estimate of drug-likeness (QED) is 0.688. The Balaban J connectivity index is 1.37. The van der Waals surface area contributed by atoms with Gasteiger partial charge in [0, 0.05) is 31.7 Å². The number of amides is 1. The van der Waals surface area contributed by atoms with Crippen LogP contribution in [-0.4, -0.2) is 60.6 Å². The molecule has 1 unspecified atom stereocenters. The molecule has 2 aromatic carbocycles. The molecule has 1 aliphatic carbocycles. The zero-order valence-electron chi connectivity index (χ0n) is 17.1. The van der Waals surface area contributed by atoms with Crippen molar-refractivity contribution in [1.82, 2.24) is 9.80 Å². The lowest BCUT2D eigenvalue weighted by atomic mass is 10.0. The number of hydrogen-bond donors (Lipinski definition) is 0. The van der Waals surface area contributed by atoms with Crippen LogP contribution in [0, 0.1) is 0 Å². The molecular weight excluding hydrogens is 364 g/mol. The first-order chi connectivity index (χ1) is 14.2. The van der Waals surface area contributed by atoms with Crippen LogP contribution in [-0.2, 0) is 11.2 Å². The Morgan fingerprint density at radius 3 is 2.31 bits per heavy atom. The third kappa shape index (κ3) is 5.30. The Hall–Kier alpha value is -2.53. The van der Waals surface area contributed by atoms with Crippen LogP contribution in [0.3, 0.4) is 0 Å². The van der Waals surface area contributed by atoms with Crippen LogP contribution in [0.25, 0.3) is 0 Å². The monoisotopic (exact) mass is 394 g/mol. The van der Waals surface area contributed by atoms with E-state index in [0.29, 0.717) is 12.4 Å². The second-order valence-corrected chi connectivity index (χ2v) is 7.85. The third-order valence-corrected chi connectivity index (χ3v) is 5.71. The first-order valence-electron chi connectivity index (χ1n) is 10.7. The predicted molar refractivity (Wildman–Crippen MR) is 113 cm³/mol. The summed E-state index contributed by atoms with van der Waals surface area (Å²) in [5.41, 5.74) is 1.28. The standard InChI is InChI=1S/C24H30N2O3/c1-2-28-22-10-12-23(13-11-22)29-18-24(27)26-15-14-25(20-8-9-20)17-21(26)16-19-6-4-3-5-7-19/h3-7,10-13,20-21H,2,8-9,14-18H2,1H3. The lowest BCUT2D eigenvalue weighted by Gasteiger charge is -2.41. The van der Waals surface area contributed by atoms with E-state index in [1.54, 1.807) is 0 Å². The van der Waals surface area contributed by atoms with Crippen LogP contribution in [0.15, 0.2) is 54.6 Å². The summed E-state index contributed by atoms with van der Waals surface area (Å²) in [4.78, 5) is 17.6. The molecule has 1 saturated heterocycles. The van der Waals surface area contributed by atoms with Gasteiger partial charge in [-0.15, -0.1) is 0 Å². The van der Waals surface area contributed by atoms with Gasteiger partial charge in [0.1, 0.15) is 11.5 Å². The van der Waals surface area contributed by atoms with Gasteiger partial charge < -0.3 is 14.4 Å². The van der Waals surface area contributed by atoms with Crippen LogP contribution in [0.2, 0.25) is 0 Å². The molecule has 1 aliphatic heterocycles. The predicted octanol–water partition coefficient (Wildman–Crippen LogP) is 3.38. The molecule has 0 spiro atoms. The fraction of sp³-hybridized carbons (Fsp3) is 0.458. The topological polar surface area (TPSA) is 42.0 Å². The zero-order valence-corrected chi connectivity index (χ0v) is 17.1. The Bertz CT molecular complexity index is 790. The van der Waals surface area contributed by atoms with E-state index in [2.05, 4.69) is 29.2 Å². The van der Waals surface area contributed by atoms with Crippen molar-refractivity contribution in [2.45, 2.75) is 38.3 Å². The van der Waals surface area contributed by atoms with Gasteiger partial charge >= 0.3 is 0 Å². The molecule has 29 heavy (non-hydrogen) atoms. The minimum atomic E-state index is 0.0651. The summed E-state index contributed by atoms with van der Waals surface area (Å²) < 4.78 is 11.2. The van der Waals surface area contributed by atoms with E-state index < -0.39 is 0 Å². The molecule has 1 amide bonds. The van der Waals surface area contributed by atoms with Crippen LogP contribution in [0.5, 0.6) is 11.5 Å². The Kier molecular flexibility index (Phi) is 6.35. The molecule has 5 nitrogen and oxygen atoms in total. The maximum Gasteiger partial charge on any atom is 0.260 e. The van der Waals surface area contributed by atoms with Gasteiger partial charge in [0.25, 0.3) is 5.91 Å². The van der Waals surface area contributed by atoms with Gasteiger partial charge in [-0.1, -0.05) is 30.3 Å². The van der Waals surface area contributed by atoms with Crippen LogP contribution < -0.4 is 9.47 Å². The van der Waals surface area contributed by atoms with Gasteiger partial charge in [0.2, 0.25) is 0 Å².